The lowest BCUT2D eigenvalue weighted by atomic mass is 10.2. The molecule has 18 heavy (non-hydrogen) atoms. The minimum atomic E-state index is -0.531. The molecule has 1 aromatic carbocycles. The Morgan fingerprint density at radius 3 is 2.78 bits per heavy atom. The Balaban J connectivity index is 2.15. The first-order valence-corrected chi connectivity index (χ1v) is 5.32. The predicted molar refractivity (Wildman–Crippen MR) is 65.2 cm³/mol. The Morgan fingerprint density at radius 1 is 1.33 bits per heavy atom. The molecule has 0 unspecified atom stereocenters. The van der Waals surface area contributed by atoms with Crippen LogP contribution in [-0.4, -0.2) is 16.0 Å². The molecule has 3 N–H and O–H groups in total. The van der Waals surface area contributed by atoms with E-state index in [1.165, 1.54) is 6.20 Å². The summed E-state index contributed by atoms with van der Waals surface area (Å²) in [6, 6.07) is 10.1. The number of pyridine rings is 1. The van der Waals surface area contributed by atoms with Crippen LogP contribution in [0.25, 0.3) is 0 Å². The van der Waals surface area contributed by atoms with Gasteiger partial charge in [-0.05, 0) is 23.8 Å². The second-order valence-corrected chi connectivity index (χ2v) is 3.66. The van der Waals surface area contributed by atoms with Crippen molar-refractivity contribution in [3.05, 3.63) is 53.7 Å². The number of carbonyl (C=O) groups excluding carboxylic acids is 1. The average molecular weight is 244 g/mol. The molecule has 0 fully saturated rings. The molecular weight excluding hydrogens is 232 g/mol. The second kappa shape index (κ2) is 5.29. The average Bonchev–Trinajstić information content (AvgIpc) is 2.39. The minimum Gasteiger partial charge on any atom is -0.439 e. The highest BCUT2D eigenvalue weighted by Crippen LogP contribution is 2.20. The van der Waals surface area contributed by atoms with E-state index in [2.05, 4.69) is 4.98 Å². The van der Waals surface area contributed by atoms with Crippen molar-refractivity contribution in [3.8, 4) is 11.6 Å². The van der Waals surface area contributed by atoms with Gasteiger partial charge in [0.05, 0.1) is 12.2 Å². The third-order valence-electron chi connectivity index (χ3n) is 2.32. The molecule has 2 aromatic rings. The predicted octanol–water partition coefficient (Wildman–Crippen LogP) is 1.47. The molecule has 5 heteroatoms. The maximum atomic E-state index is 10.9. The van der Waals surface area contributed by atoms with E-state index in [9.17, 15) is 4.79 Å². The van der Waals surface area contributed by atoms with Crippen molar-refractivity contribution in [1.82, 2.24) is 4.98 Å². The van der Waals surface area contributed by atoms with Gasteiger partial charge < -0.3 is 15.6 Å². The number of hydrogen-bond acceptors (Lipinski definition) is 4. The highest BCUT2D eigenvalue weighted by atomic mass is 16.5. The molecule has 0 radical (unpaired) electrons. The van der Waals surface area contributed by atoms with Gasteiger partial charge in [0, 0.05) is 12.3 Å². The zero-order valence-corrected chi connectivity index (χ0v) is 9.54. The van der Waals surface area contributed by atoms with Crippen LogP contribution in [0.2, 0.25) is 0 Å². The summed E-state index contributed by atoms with van der Waals surface area (Å²) in [5.41, 5.74) is 6.18. The van der Waals surface area contributed by atoms with Gasteiger partial charge in [-0.3, -0.25) is 4.79 Å². The molecule has 0 saturated carbocycles. The zero-order chi connectivity index (χ0) is 13.0. The van der Waals surface area contributed by atoms with E-state index in [-0.39, 0.29) is 6.61 Å². The SMILES string of the molecule is NC(=O)c1ccc(Oc2cccc(CO)c2)nc1. The second-order valence-electron chi connectivity index (χ2n) is 3.66. The molecular formula is C13H12N2O3. The zero-order valence-electron chi connectivity index (χ0n) is 9.54. The molecule has 92 valence electrons. The monoisotopic (exact) mass is 244 g/mol. The number of primary amides is 1. The van der Waals surface area contributed by atoms with Gasteiger partial charge in [-0.2, -0.15) is 0 Å². The molecule has 0 aliphatic carbocycles. The number of aromatic nitrogens is 1. The summed E-state index contributed by atoms with van der Waals surface area (Å²) in [5, 5.41) is 9.00. The van der Waals surface area contributed by atoms with E-state index >= 15 is 0 Å². The van der Waals surface area contributed by atoms with E-state index in [1.807, 2.05) is 0 Å². The number of ether oxygens (including phenoxy) is 1. The van der Waals surface area contributed by atoms with Gasteiger partial charge in [0.15, 0.2) is 0 Å². The number of carbonyl (C=O) groups is 1. The summed E-state index contributed by atoms with van der Waals surface area (Å²) in [5.74, 6) is 0.396. The van der Waals surface area contributed by atoms with Crippen LogP contribution in [0.5, 0.6) is 11.6 Å². The highest BCUT2D eigenvalue weighted by molar-refractivity contribution is 5.92. The summed E-state index contributed by atoms with van der Waals surface area (Å²) in [7, 11) is 0. The molecule has 1 aromatic heterocycles. The van der Waals surface area contributed by atoms with Crippen LogP contribution in [-0.2, 0) is 6.61 Å². The van der Waals surface area contributed by atoms with Crippen LogP contribution in [0.1, 0.15) is 15.9 Å². The first kappa shape index (κ1) is 12.1. The van der Waals surface area contributed by atoms with Crippen LogP contribution >= 0.6 is 0 Å². The van der Waals surface area contributed by atoms with Crippen molar-refractivity contribution in [2.45, 2.75) is 6.61 Å². The van der Waals surface area contributed by atoms with E-state index in [0.717, 1.165) is 5.56 Å². The summed E-state index contributed by atoms with van der Waals surface area (Å²) >= 11 is 0. The normalized spacial score (nSPS) is 10.1. The number of aliphatic hydroxyl groups is 1. The van der Waals surface area contributed by atoms with Crippen LogP contribution in [0.4, 0.5) is 0 Å². The summed E-state index contributed by atoms with van der Waals surface area (Å²) in [4.78, 5) is 14.8. The third kappa shape index (κ3) is 2.83. The Kier molecular flexibility index (Phi) is 3.54. The van der Waals surface area contributed by atoms with E-state index in [0.29, 0.717) is 17.2 Å². The third-order valence-corrected chi connectivity index (χ3v) is 2.32. The molecule has 1 heterocycles. The molecule has 0 spiro atoms. The fourth-order valence-electron chi connectivity index (χ4n) is 1.41. The maximum absolute atomic E-state index is 10.9. The standard InChI is InChI=1S/C13H12N2O3/c14-13(17)10-4-5-12(15-7-10)18-11-3-1-2-9(6-11)8-16/h1-7,16H,8H2,(H2,14,17). The largest absolute Gasteiger partial charge is 0.439 e. The Morgan fingerprint density at radius 2 is 2.17 bits per heavy atom. The number of amides is 1. The highest BCUT2D eigenvalue weighted by Gasteiger charge is 2.03. The van der Waals surface area contributed by atoms with Crippen molar-refractivity contribution < 1.29 is 14.6 Å². The number of rotatable bonds is 4. The van der Waals surface area contributed by atoms with Crippen LogP contribution in [0, 0.1) is 0 Å². The molecule has 5 nitrogen and oxygen atoms in total. The van der Waals surface area contributed by atoms with Gasteiger partial charge >= 0.3 is 0 Å². The minimum absolute atomic E-state index is 0.0504. The first-order chi connectivity index (χ1) is 8.69. The van der Waals surface area contributed by atoms with Gasteiger partial charge in [-0.1, -0.05) is 12.1 Å². The molecule has 1 amide bonds. The quantitative estimate of drug-likeness (QED) is 0.852. The smallest absolute Gasteiger partial charge is 0.250 e. The fourth-order valence-corrected chi connectivity index (χ4v) is 1.41. The van der Waals surface area contributed by atoms with Crippen LogP contribution in [0.15, 0.2) is 42.6 Å². The number of nitrogens with two attached hydrogens (primary N) is 1. The topological polar surface area (TPSA) is 85.4 Å². The maximum Gasteiger partial charge on any atom is 0.250 e. The summed E-state index contributed by atoms with van der Waals surface area (Å²) in [6.07, 6.45) is 1.35. The number of benzene rings is 1. The molecule has 0 saturated heterocycles. The van der Waals surface area contributed by atoms with Gasteiger partial charge in [0.25, 0.3) is 0 Å². The van der Waals surface area contributed by atoms with Crippen molar-refractivity contribution in [1.29, 1.82) is 0 Å². The lowest BCUT2D eigenvalue weighted by Gasteiger charge is -2.06. The molecule has 0 aliphatic rings. The van der Waals surface area contributed by atoms with Gasteiger partial charge in [-0.25, -0.2) is 4.98 Å². The van der Waals surface area contributed by atoms with E-state index in [4.69, 9.17) is 15.6 Å². The number of nitrogens with zero attached hydrogens (tertiary/aromatic N) is 1. The Labute approximate surface area is 104 Å². The molecule has 0 aliphatic heterocycles. The van der Waals surface area contributed by atoms with Crippen molar-refractivity contribution >= 4 is 5.91 Å². The van der Waals surface area contributed by atoms with Crippen molar-refractivity contribution in [2.24, 2.45) is 5.73 Å². The first-order valence-electron chi connectivity index (χ1n) is 5.32. The van der Waals surface area contributed by atoms with Crippen LogP contribution in [0.3, 0.4) is 0 Å². The van der Waals surface area contributed by atoms with E-state index in [1.54, 1.807) is 36.4 Å². The Hall–Kier alpha value is -2.40. The van der Waals surface area contributed by atoms with Crippen molar-refractivity contribution in [3.63, 3.8) is 0 Å². The lowest BCUT2D eigenvalue weighted by molar-refractivity contribution is 0.1000. The van der Waals surface area contributed by atoms with Gasteiger partial charge in [0.1, 0.15) is 5.75 Å². The molecule has 0 bridgehead atoms. The molecule has 0 atom stereocenters. The Bertz CT molecular complexity index is 552. The summed E-state index contributed by atoms with van der Waals surface area (Å²) in [6.45, 7) is -0.0504. The number of aliphatic hydroxyl groups excluding tert-OH is 1. The summed E-state index contributed by atoms with van der Waals surface area (Å²) < 4.78 is 5.48. The fraction of sp³-hybridized carbons (Fsp3) is 0.0769. The van der Waals surface area contributed by atoms with Gasteiger partial charge in [0.2, 0.25) is 11.8 Å². The van der Waals surface area contributed by atoms with E-state index < -0.39 is 5.91 Å². The van der Waals surface area contributed by atoms with Gasteiger partial charge in [-0.15, -0.1) is 0 Å². The number of hydrogen-bond donors (Lipinski definition) is 2. The molecule has 2 rings (SSSR count). The van der Waals surface area contributed by atoms with Crippen LogP contribution < -0.4 is 10.5 Å². The lowest BCUT2D eigenvalue weighted by Crippen LogP contribution is -2.10. The van der Waals surface area contributed by atoms with Crippen molar-refractivity contribution in [2.75, 3.05) is 0 Å².